The van der Waals surface area contributed by atoms with Gasteiger partial charge in [-0.1, -0.05) is 6.07 Å². The van der Waals surface area contributed by atoms with Gasteiger partial charge in [0, 0.05) is 39.3 Å². The average molecular weight is 314 g/mol. The number of aliphatic hydroxyl groups is 2. The van der Waals surface area contributed by atoms with Crippen LogP contribution in [0.15, 0.2) is 18.2 Å². The van der Waals surface area contributed by atoms with Crippen LogP contribution in [0.2, 0.25) is 0 Å². The maximum Gasteiger partial charge on any atom is 0.159 e. The Hall–Kier alpha value is -1.08. The number of halogens is 2. The standard InChI is InChI=1S/C16H24F2N2O2/c1-19(4-5-21)8-13-9-20(10-14(13)11-22)7-12-2-3-15(17)16(18)6-12/h2-3,6,13-14,21-22H,4-5,7-11H2,1H3/t13-,14-/m1/s1. The van der Waals surface area contributed by atoms with E-state index < -0.39 is 11.6 Å². The fraction of sp³-hybridized carbons (Fsp3) is 0.625. The van der Waals surface area contributed by atoms with Crippen molar-refractivity contribution >= 4 is 0 Å². The summed E-state index contributed by atoms with van der Waals surface area (Å²) < 4.78 is 26.2. The number of likely N-dealkylation sites (tertiary alicyclic amines) is 1. The quantitative estimate of drug-likeness (QED) is 0.786. The van der Waals surface area contributed by atoms with Gasteiger partial charge in [0.05, 0.1) is 6.61 Å². The molecule has 2 atom stereocenters. The topological polar surface area (TPSA) is 46.9 Å². The minimum Gasteiger partial charge on any atom is -0.396 e. The lowest BCUT2D eigenvalue weighted by molar-refractivity contribution is 0.160. The van der Waals surface area contributed by atoms with Crippen molar-refractivity contribution < 1.29 is 19.0 Å². The van der Waals surface area contributed by atoms with E-state index >= 15 is 0 Å². The lowest BCUT2D eigenvalue weighted by Crippen LogP contribution is -2.32. The third-order valence-corrected chi connectivity index (χ3v) is 4.30. The van der Waals surface area contributed by atoms with Crippen molar-refractivity contribution in [1.29, 1.82) is 0 Å². The van der Waals surface area contributed by atoms with Gasteiger partial charge in [-0.05, 0) is 36.6 Å². The molecule has 1 aromatic rings. The van der Waals surface area contributed by atoms with Gasteiger partial charge in [0.2, 0.25) is 0 Å². The van der Waals surface area contributed by atoms with E-state index in [4.69, 9.17) is 5.11 Å². The first-order chi connectivity index (χ1) is 10.5. The van der Waals surface area contributed by atoms with E-state index in [1.807, 2.05) is 11.9 Å². The number of nitrogens with zero attached hydrogens (tertiary/aromatic N) is 2. The van der Waals surface area contributed by atoms with Gasteiger partial charge in [-0.25, -0.2) is 8.78 Å². The Bertz CT molecular complexity index is 487. The Kier molecular flexibility index (Phi) is 6.26. The zero-order valence-corrected chi connectivity index (χ0v) is 12.9. The van der Waals surface area contributed by atoms with Crippen LogP contribution in [0.1, 0.15) is 5.56 Å². The predicted molar refractivity (Wildman–Crippen MR) is 80.3 cm³/mol. The maximum atomic E-state index is 13.3. The van der Waals surface area contributed by atoms with Crippen LogP contribution >= 0.6 is 0 Å². The summed E-state index contributed by atoms with van der Waals surface area (Å²) in [6.45, 7) is 3.75. The summed E-state index contributed by atoms with van der Waals surface area (Å²) >= 11 is 0. The molecule has 0 spiro atoms. The Morgan fingerprint density at radius 1 is 1.18 bits per heavy atom. The van der Waals surface area contributed by atoms with Crippen LogP contribution in [0.3, 0.4) is 0 Å². The molecule has 2 N–H and O–H groups in total. The molecule has 0 radical (unpaired) electrons. The van der Waals surface area contributed by atoms with Crippen LogP contribution in [-0.4, -0.2) is 66.5 Å². The minimum absolute atomic E-state index is 0.117. The van der Waals surface area contributed by atoms with Gasteiger partial charge in [0.15, 0.2) is 11.6 Å². The molecule has 6 heteroatoms. The summed E-state index contributed by atoms with van der Waals surface area (Å²) in [6, 6.07) is 3.98. The number of rotatable bonds is 7. The summed E-state index contributed by atoms with van der Waals surface area (Å²) in [6.07, 6.45) is 0. The average Bonchev–Trinajstić information content (AvgIpc) is 2.84. The second-order valence-corrected chi connectivity index (χ2v) is 6.13. The molecule has 1 fully saturated rings. The second kappa shape index (κ2) is 7.97. The van der Waals surface area contributed by atoms with Crippen LogP contribution < -0.4 is 0 Å². The van der Waals surface area contributed by atoms with E-state index in [-0.39, 0.29) is 19.1 Å². The summed E-state index contributed by atoms with van der Waals surface area (Å²) in [5, 5.41) is 18.5. The highest BCUT2D eigenvalue weighted by atomic mass is 19.2. The molecule has 1 heterocycles. The van der Waals surface area contributed by atoms with Gasteiger partial charge in [-0.15, -0.1) is 0 Å². The summed E-state index contributed by atoms with van der Waals surface area (Å²) in [5.41, 5.74) is 0.736. The highest BCUT2D eigenvalue weighted by Crippen LogP contribution is 2.25. The van der Waals surface area contributed by atoms with Crippen molar-refractivity contribution in [1.82, 2.24) is 9.80 Å². The normalized spacial score (nSPS) is 22.6. The lowest BCUT2D eigenvalue weighted by atomic mass is 9.96. The Morgan fingerprint density at radius 3 is 2.55 bits per heavy atom. The Balaban J connectivity index is 1.94. The molecule has 124 valence electrons. The van der Waals surface area contributed by atoms with E-state index in [9.17, 15) is 13.9 Å². The van der Waals surface area contributed by atoms with E-state index in [1.54, 1.807) is 6.07 Å². The van der Waals surface area contributed by atoms with Crippen LogP contribution in [0.25, 0.3) is 0 Å². The Labute approximate surface area is 130 Å². The fourth-order valence-corrected chi connectivity index (χ4v) is 3.14. The first-order valence-corrected chi connectivity index (χ1v) is 7.60. The third kappa shape index (κ3) is 4.46. The first kappa shape index (κ1) is 17.3. The molecule has 0 saturated carbocycles. The highest BCUT2D eigenvalue weighted by Gasteiger charge is 2.32. The molecule has 2 rings (SSSR count). The molecular formula is C16H24F2N2O2. The molecule has 22 heavy (non-hydrogen) atoms. The molecule has 0 amide bonds. The molecule has 1 aliphatic heterocycles. The zero-order valence-electron chi connectivity index (χ0n) is 12.9. The predicted octanol–water partition coefficient (Wildman–Crippen LogP) is 0.929. The molecule has 4 nitrogen and oxygen atoms in total. The third-order valence-electron chi connectivity index (χ3n) is 4.30. The van der Waals surface area contributed by atoms with Gasteiger partial charge < -0.3 is 15.1 Å². The van der Waals surface area contributed by atoms with Gasteiger partial charge in [-0.3, -0.25) is 4.90 Å². The number of aliphatic hydroxyl groups excluding tert-OH is 2. The molecule has 1 aromatic carbocycles. The molecule has 0 bridgehead atoms. The van der Waals surface area contributed by atoms with Gasteiger partial charge >= 0.3 is 0 Å². The first-order valence-electron chi connectivity index (χ1n) is 7.60. The van der Waals surface area contributed by atoms with E-state index in [2.05, 4.69) is 4.90 Å². The fourth-order valence-electron chi connectivity index (χ4n) is 3.14. The molecular weight excluding hydrogens is 290 g/mol. The van der Waals surface area contributed by atoms with Crippen molar-refractivity contribution in [3.63, 3.8) is 0 Å². The summed E-state index contributed by atoms with van der Waals surface area (Å²) in [4.78, 5) is 4.21. The van der Waals surface area contributed by atoms with Gasteiger partial charge in [0.1, 0.15) is 0 Å². The van der Waals surface area contributed by atoms with Crippen LogP contribution in [0.4, 0.5) is 8.78 Å². The molecule has 0 unspecified atom stereocenters. The largest absolute Gasteiger partial charge is 0.396 e. The molecule has 1 aliphatic rings. The highest BCUT2D eigenvalue weighted by molar-refractivity contribution is 5.18. The van der Waals surface area contributed by atoms with E-state index in [1.165, 1.54) is 6.07 Å². The monoisotopic (exact) mass is 314 g/mol. The number of hydrogen-bond donors (Lipinski definition) is 2. The number of benzene rings is 1. The van der Waals surface area contributed by atoms with Crippen molar-refractivity contribution in [2.45, 2.75) is 6.54 Å². The van der Waals surface area contributed by atoms with Crippen molar-refractivity contribution in [2.24, 2.45) is 11.8 Å². The summed E-state index contributed by atoms with van der Waals surface area (Å²) in [7, 11) is 1.95. The van der Waals surface area contributed by atoms with Crippen molar-refractivity contribution in [2.75, 3.05) is 46.4 Å². The van der Waals surface area contributed by atoms with Gasteiger partial charge in [-0.2, -0.15) is 0 Å². The van der Waals surface area contributed by atoms with Crippen molar-refractivity contribution in [3.8, 4) is 0 Å². The number of likely N-dealkylation sites (N-methyl/N-ethyl adjacent to an activating group) is 1. The van der Waals surface area contributed by atoms with Gasteiger partial charge in [0.25, 0.3) is 0 Å². The zero-order chi connectivity index (χ0) is 16.1. The van der Waals surface area contributed by atoms with Crippen LogP contribution in [0, 0.1) is 23.5 Å². The smallest absolute Gasteiger partial charge is 0.159 e. The number of hydrogen-bond acceptors (Lipinski definition) is 4. The Morgan fingerprint density at radius 2 is 1.91 bits per heavy atom. The second-order valence-electron chi connectivity index (χ2n) is 6.13. The van der Waals surface area contributed by atoms with Crippen LogP contribution in [0.5, 0.6) is 0 Å². The lowest BCUT2D eigenvalue weighted by Gasteiger charge is -2.23. The van der Waals surface area contributed by atoms with E-state index in [0.29, 0.717) is 19.0 Å². The maximum absolute atomic E-state index is 13.3. The van der Waals surface area contributed by atoms with Crippen molar-refractivity contribution in [3.05, 3.63) is 35.4 Å². The molecule has 0 aliphatic carbocycles. The molecule has 0 aromatic heterocycles. The summed E-state index contributed by atoms with van der Waals surface area (Å²) in [5.74, 6) is -1.17. The van der Waals surface area contributed by atoms with E-state index in [0.717, 1.165) is 31.3 Å². The molecule has 1 saturated heterocycles. The SMILES string of the molecule is CN(CCO)C[C@@H]1CN(Cc2ccc(F)c(F)c2)C[C@@H]1CO. The minimum atomic E-state index is -0.832. The van der Waals surface area contributed by atoms with Crippen LogP contribution in [-0.2, 0) is 6.54 Å².